The smallest absolute Gasteiger partial charge is 0.319 e. The van der Waals surface area contributed by atoms with Crippen LogP contribution in [-0.4, -0.2) is 55.2 Å². The van der Waals surface area contributed by atoms with Crippen molar-refractivity contribution in [2.75, 3.05) is 19.0 Å². The summed E-state index contributed by atoms with van der Waals surface area (Å²) in [5.41, 5.74) is 1.66. The summed E-state index contributed by atoms with van der Waals surface area (Å²) < 4.78 is 16.7. The summed E-state index contributed by atoms with van der Waals surface area (Å²) in [7, 11) is 1.35. The van der Waals surface area contributed by atoms with E-state index in [2.05, 4.69) is 10.6 Å². The number of rotatable bonds is 5. The fraction of sp³-hybridized carbons (Fsp3) is 0.619. The Bertz CT molecular complexity index is 764. The van der Waals surface area contributed by atoms with Crippen molar-refractivity contribution >= 4 is 17.7 Å². The maximum Gasteiger partial charge on any atom is 0.319 e. The number of methoxy groups -OCH3 is 1. The van der Waals surface area contributed by atoms with Gasteiger partial charge in [0.15, 0.2) is 0 Å². The van der Waals surface area contributed by atoms with E-state index in [1.54, 1.807) is 0 Å². The third-order valence-electron chi connectivity index (χ3n) is 6.07. The highest BCUT2D eigenvalue weighted by atomic mass is 16.6. The Hall–Kier alpha value is -2.32. The van der Waals surface area contributed by atoms with E-state index >= 15 is 0 Å². The van der Waals surface area contributed by atoms with E-state index in [0.717, 1.165) is 37.0 Å². The molecule has 1 saturated heterocycles. The number of anilines is 1. The molecule has 158 valence electrons. The lowest BCUT2D eigenvalue weighted by Crippen LogP contribution is -2.46. The zero-order chi connectivity index (χ0) is 20.4. The zero-order valence-electron chi connectivity index (χ0n) is 16.6. The number of nitrogens with one attached hydrogen (secondary N) is 2. The molecule has 1 aliphatic carbocycles. The zero-order valence-corrected chi connectivity index (χ0v) is 16.6. The molecule has 29 heavy (non-hydrogen) atoms. The number of fused-ring (bicyclic) bond motifs is 3. The first-order valence-electron chi connectivity index (χ1n) is 10.3. The van der Waals surface area contributed by atoms with E-state index in [4.69, 9.17) is 14.2 Å². The van der Waals surface area contributed by atoms with Crippen LogP contribution in [0, 0.1) is 0 Å². The van der Waals surface area contributed by atoms with Gasteiger partial charge in [-0.05, 0) is 37.5 Å². The number of aliphatic hydroxyl groups is 1. The lowest BCUT2D eigenvalue weighted by Gasteiger charge is -2.36. The molecule has 8 heteroatoms. The molecule has 0 spiro atoms. The maximum atomic E-state index is 12.3. The second-order valence-corrected chi connectivity index (χ2v) is 8.02. The molecule has 2 fully saturated rings. The highest BCUT2D eigenvalue weighted by molar-refractivity contribution is 5.89. The summed E-state index contributed by atoms with van der Waals surface area (Å²) in [5.74, 6) is 0.357. The minimum absolute atomic E-state index is 0.0230. The predicted molar refractivity (Wildman–Crippen MR) is 105 cm³/mol. The van der Waals surface area contributed by atoms with Gasteiger partial charge in [-0.2, -0.15) is 0 Å². The molecular weight excluding hydrogens is 376 g/mol. The van der Waals surface area contributed by atoms with Gasteiger partial charge in [0.05, 0.1) is 26.2 Å². The van der Waals surface area contributed by atoms with Gasteiger partial charge in [-0.15, -0.1) is 0 Å². The van der Waals surface area contributed by atoms with E-state index in [0.29, 0.717) is 12.1 Å². The van der Waals surface area contributed by atoms with Crippen LogP contribution in [0.4, 0.5) is 10.5 Å². The monoisotopic (exact) mass is 404 g/mol. The van der Waals surface area contributed by atoms with Gasteiger partial charge in [0.1, 0.15) is 18.0 Å². The Morgan fingerprint density at radius 3 is 2.79 bits per heavy atom. The Kier molecular flexibility index (Phi) is 5.91. The van der Waals surface area contributed by atoms with E-state index in [1.807, 2.05) is 18.2 Å². The van der Waals surface area contributed by atoms with Gasteiger partial charge in [0.25, 0.3) is 0 Å². The van der Waals surface area contributed by atoms with Crippen molar-refractivity contribution in [3.05, 3.63) is 23.8 Å². The van der Waals surface area contributed by atoms with Crippen molar-refractivity contribution in [3.63, 3.8) is 0 Å². The summed E-state index contributed by atoms with van der Waals surface area (Å²) in [6.07, 6.45) is 3.91. The second-order valence-electron chi connectivity index (χ2n) is 8.02. The van der Waals surface area contributed by atoms with Gasteiger partial charge < -0.3 is 30.0 Å². The van der Waals surface area contributed by atoms with E-state index in [9.17, 15) is 14.7 Å². The number of urea groups is 1. The number of benzene rings is 1. The van der Waals surface area contributed by atoms with Crippen LogP contribution in [0.2, 0.25) is 0 Å². The maximum absolute atomic E-state index is 12.3. The molecule has 3 aliphatic rings. The molecular formula is C21H28N2O6. The molecule has 3 N–H and O–H groups in total. The SMILES string of the molecule is COC(=O)C[C@@H]1C[C@H]2c3cc(NC(=O)NC4CCCC4)ccc3O[C@H]2[C@@H](CO)O1. The number of amides is 2. The first-order valence-corrected chi connectivity index (χ1v) is 10.3. The standard InChI is InChI=1S/C21H28N2O6/c1-27-19(25)10-14-9-16-15-8-13(23-21(26)22-12-4-2-3-5-12)6-7-17(15)29-20(16)18(11-24)28-14/h6-8,12,14,16,18,20,24H,2-5,9-11H2,1H3,(H2,22,23,26)/t14-,16-,18+,20+/m0/s1. The molecule has 2 heterocycles. The number of carbonyl (C=O) groups excluding carboxylic acids is 2. The van der Waals surface area contributed by atoms with Crippen LogP contribution in [0.15, 0.2) is 18.2 Å². The average molecular weight is 404 g/mol. The highest BCUT2D eigenvalue weighted by Crippen LogP contribution is 2.47. The summed E-state index contributed by atoms with van der Waals surface area (Å²) in [4.78, 5) is 24.0. The number of esters is 1. The normalized spacial score (nSPS) is 28.2. The third-order valence-corrected chi connectivity index (χ3v) is 6.07. The molecule has 2 amide bonds. The Morgan fingerprint density at radius 1 is 1.28 bits per heavy atom. The van der Waals surface area contributed by atoms with Gasteiger partial charge >= 0.3 is 12.0 Å². The van der Waals surface area contributed by atoms with Crippen molar-refractivity contribution in [3.8, 4) is 5.75 Å². The summed E-state index contributed by atoms with van der Waals surface area (Å²) in [6, 6.07) is 5.62. The van der Waals surface area contributed by atoms with Crippen molar-refractivity contribution in [2.24, 2.45) is 0 Å². The molecule has 8 nitrogen and oxygen atoms in total. The molecule has 2 aliphatic heterocycles. The minimum atomic E-state index is -0.516. The topological polar surface area (TPSA) is 106 Å². The van der Waals surface area contributed by atoms with Crippen LogP contribution in [0.1, 0.15) is 50.0 Å². The summed E-state index contributed by atoms with van der Waals surface area (Å²) >= 11 is 0. The van der Waals surface area contributed by atoms with Crippen LogP contribution < -0.4 is 15.4 Å². The van der Waals surface area contributed by atoms with Crippen molar-refractivity contribution in [1.29, 1.82) is 0 Å². The van der Waals surface area contributed by atoms with Gasteiger partial charge in [-0.1, -0.05) is 12.8 Å². The lowest BCUT2D eigenvalue weighted by atomic mass is 9.84. The quantitative estimate of drug-likeness (QED) is 0.651. The van der Waals surface area contributed by atoms with E-state index in [1.165, 1.54) is 7.11 Å². The molecule has 1 aromatic rings. The van der Waals surface area contributed by atoms with Crippen molar-refractivity contribution in [1.82, 2.24) is 5.32 Å². The Morgan fingerprint density at radius 2 is 2.07 bits per heavy atom. The molecule has 0 radical (unpaired) electrons. The first kappa shape index (κ1) is 20.0. The highest BCUT2D eigenvalue weighted by Gasteiger charge is 2.46. The van der Waals surface area contributed by atoms with Crippen LogP contribution >= 0.6 is 0 Å². The third kappa shape index (κ3) is 4.33. The number of aliphatic hydroxyl groups excluding tert-OH is 1. The van der Waals surface area contributed by atoms with Gasteiger partial charge in [0, 0.05) is 23.2 Å². The molecule has 0 aromatic heterocycles. The van der Waals surface area contributed by atoms with Crippen LogP contribution in [0.5, 0.6) is 5.75 Å². The average Bonchev–Trinajstić information content (AvgIpc) is 3.34. The Labute approximate surface area is 169 Å². The second kappa shape index (κ2) is 8.59. The predicted octanol–water partition coefficient (Wildman–Crippen LogP) is 2.31. The van der Waals surface area contributed by atoms with Gasteiger partial charge in [-0.25, -0.2) is 4.79 Å². The Balaban J connectivity index is 1.47. The number of hydrogen-bond acceptors (Lipinski definition) is 6. The molecule has 1 aromatic carbocycles. The first-order chi connectivity index (χ1) is 14.1. The minimum Gasteiger partial charge on any atom is -0.487 e. The van der Waals surface area contributed by atoms with Gasteiger partial charge in [-0.3, -0.25) is 4.79 Å². The fourth-order valence-corrected chi connectivity index (χ4v) is 4.66. The molecule has 4 atom stereocenters. The fourth-order valence-electron chi connectivity index (χ4n) is 4.66. The van der Waals surface area contributed by atoms with E-state index < -0.39 is 6.10 Å². The molecule has 4 rings (SSSR count). The van der Waals surface area contributed by atoms with Crippen LogP contribution in [-0.2, 0) is 14.3 Å². The van der Waals surface area contributed by atoms with Gasteiger partial charge in [0.2, 0.25) is 0 Å². The van der Waals surface area contributed by atoms with Crippen molar-refractivity contribution < 1.29 is 28.9 Å². The lowest BCUT2D eigenvalue weighted by molar-refractivity contribution is -0.156. The van der Waals surface area contributed by atoms with E-state index in [-0.39, 0.29) is 49.2 Å². The molecule has 0 bridgehead atoms. The van der Waals surface area contributed by atoms with Crippen LogP contribution in [0.3, 0.4) is 0 Å². The number of carbonyl (C=O) groups is 2. The summed E-state index contributed by atoms with van der Waals surface area (Å²) in [6.45, 7) is -0.193. The number of hydrogen-bond donors (Lipinski definition) is 3. The van der Waals surface area contributed by atoms with Crippen molar-refractivity contribution in [2.45, 2.75) is 68.8 Å². The largest absolute Gasteiger partial charge is 0.487 e. The molecule has 0 unspecified atom stereocenters. The van der Waals surface area contributed by atoms with Crippen LogP contribution in [0.25, 0.3) is 0 Å². The summed E-state index contributed by atoms with van der Waals surface area (Å²) in [5, 5.41) is 15.7. The molecule has 1 saturated carbocycles. The number of ether oxygens (including phenoxy) is 3.